The van der Waals surface area contributed by atoms with E-state index in [1.54, 1.807) is 18.2 Å². The Bertz CT molecular complexity index is 372. The van der Waals surface area contributed by atoms with Crippen LogP contribution in [0.2, 0.25) is 0 Å². The van der Waals surface area contributed by atoms with Gasteiger partial charge in [-0.25, -0.2) is 4.39 Å². The number of rotatable bonds is 8. The van der Waals surface area contributed by atoms with Crippen molar-refractivity contribution >= 4 is 5.91 Å². The third kappa shape index (κ3) is 5.63. The Morgan fingerprint density at radius 3 is 2.83 bits per heavy atom. The molecule has 1 amide bonds. The summed E-state index contributed by atoms with van der Waals surface area (Å²) in [6.45, 7) is 1.68. The van der Waals surface area contributed by atoms with Crippen LogP contribution in [0.4, 0.5) is 4.39 Å². The summed E-state index contributed by atoms with van der Waals surface area (Å²) in [5.41, 5.74) is 0. The first-order chi connectivity index (χ1) is 8.74. The summed E-state index contributed by atoms with van der Waals surface area (Å²) in [7, 11) is 1.87. The first-order valence-corrected chi connectivity index (χ1v) is 6.02. The molecule has 0 aromatic heterocycles. The third-order valence-corrected chi connectivity index (χ3v) is 2.35. The Kier molecular flexibility index (Phi) is 6.79. The molecule has 0 heterocycles. The van der Waals surface area contributed by atoms with E-state index < -0.39 is 5.82 Å². The summed E-state index contributed by atoms with van der Waals surface area (Å²) < 4.78 is 18.4. The molecule has 18 heavy (non-hydrogen) atoms. The number of hydrogen-bond acceptors (Lipinski definition) is 3. The van der Waals surface area contributed by atoms with E-state index in [-0.39, 0.29) is 24.7 Å². The number of hydrogen-bond donors (Lipinski definition) is 2. The van der Waals surface area contributed by atoms with Gasteiger partial charge >= 0.3 is 0 Å². The predicted molar refractivity (Wildman–Crippen MR) is 68.1 cm³/mol. The number of halogens is 1. The van der Waals surface area contributed by atoms with Gasteiger partial charge in [0.15, 0.2) is 11.6 Å². The van der Waals surface area contributed by atoms with Crippen LogP contribution in [0.5, 0.6) is 5.75 Å². The van der Waals surface area contributed by atoms with Crippen LogP contribution in [0.3, 0.4) is 0 Å². The second kappa shape index (κ2) is 8.47. The van der Waals surface area contributed by atoms with Crippen LogP contribution in [0.1, 0.15) is 12.8 Å². The van der Waals surface area contributed by atoms with Crippen molar-refractivity contribution in [1.82, 2.24) is 10.6 Å². The minimum Gasteiger partial charge on any atom is -0.490 e. The fourth-order valence-electron chi connectivity index (χ4n) is 1.40. The van der Waals surface area contributed by atoms with Crippen LogP contribution in [0.25, 0.3) is 0 Å². The lowest BCUT2D eigenvalue weighted by atomic mass is 10.3. The molecule has 0 saturated heterocycles. The maximum Gasteiger partial charge on any atom is 0.223 e. The van der Waals surface area contributed by atoms with Crippen LogP contribution in [-0.2, 0) is 4.79 Å². The largest absolute Gasteiger partial charge is 0.490 e. The number of nitrogens with one attached hydrogen (secondary N) is 2. The normalized spacial score (nSPS) is 10.1. The maximum absolute atomic E-state index is 13.2. The number of ether oxygens (including phenoxy) is 1. The van der Waals surface area contributed by atoms with Crippen LogP contribution in [0.15, 0.2) is 24.3 Å². The number of benzene rings is 1. The molecule has 0 spiro atoms. The number of carbonyl (C=O) groups excluding carboxylic acids is 1. The molecule has 0 radical (unpaired) electrons. The van der Waals surface area contributed by atoms with Gasteiger partial charge in [0.25, 0.3) is 0 Å². The summed E-state index contributed by atoms with van der Waals surface area (Å²) >= 11 is 0. The lowest BCUT2D eigenvalue weighted by molar-refractivity contribution is -0.121. The highest BCUT2D eigenvalue weighted by atomic mass is 19.1. The Morgan fingerprint density at radius 1 is 1.33 bits per heavy atom. The maximum atomic E-state index is 13.2. The molecule has 0 fully saturated rings. The molecule has 0 aliphatic rings. The first kappa shape index (κ1) is 14.4. The van der Waals surface area contributed by atoms with Crippen molar-refractivity contribution in [2.24, 2.45) is 0 Å². The second-order valence-electron chi connectivity index (χ2n) is 3.84. The van der Waals surface area contributed by atoms with E-state index in [0.29, 0.717) is 6.54 Å². The standard InChI is InChI=1S/C13H19FN2O2/c1-15-8-4-9-16-13(17)7-10-18-12-6-3-2-5-11(12)14/h2-3,5-6,15H,4,7-10H2,1H3,(H,16,17). The lowest BCUT2D eigenvalue weighted by Gasteiger charge is -2.07. The highest BCUT2D eigenvalue weighted by Gasteiger charge is 2.04. The molecule has 0 bridgehead atoms. The highest BCUT2D eigenvalue weighted by Crippen LogP contribution is 2.15. The summed E-state index contributed by atoms with van der Waals surface area (Å²) in [5.74, 6) is -0.310. The Labute approximate surface area is 107 Å². The van der Waals surface area contributed by atoms with Gasteiger partial charge in [0.1, 0.15) is 0 Å². The van der Waals surface area contributed by atoms with Gasteiger partial charge in [-0.1, -0.05) is 12.1 Å². The van der Waals surface area contributed by atoms with Gasteiger partial charge in [0.05, 0.1) is 13.0 Å². The molecule has 1 aromatic carbocycles. The molecule has 5 heteroatoms. The molecular weight excluding hydrogens is 235 g/mol. The number of para-hydroxylation sites is 1. The van der Waals surface area contributed by atoms with E-state index >= 15 is 0 Å². The van der Waals surface area contributed by atoms with Gasteiger partial charge in [0.2, 0.25) is 5.91 Å². The molecule has 0 aliphatic heterocycles. The molecule has 100 valence electrons. The van der Waals surface area contributed by atoms with Crippen molar-refractivity contribution in [1.29, 1.82) is 0 Å². The number of amides is 1. The van der Waals surface area contributed by atoms with Crippen molar-refractivity contribution in [3.05, 3.63) is 30.1 Å². The minimum absolute atomic E-state index is 0.0811. The zero-order chi connectivity index (χ0) is 13.2. The van der Waals surface area contributed by atoms with E-state index in [9.17, 15) is 9.18 Å². The molecule has 0 saturated carbocycles. The number of carbonyl (C=O) groups is 1. The summed E-state index contributed by atoms with van der Waals surface area (Å²) in [6, 6.07) is 6.15. The average Bonchev–Trinajstić information content (AvgIpc) is 2.37. The van der Waals surface area contributed by atoms with E-state index in [2.05, 4.69) is 10.6 Å². The van der Waals surface area contributed by atoms with Crippen LogP contribution in [0, 0.1) is 5.82 Å². The molecule has 1 aromatic rings. The van der Waals surface area contributed by atoms with Crippen LogP contribution in [-0.4, -0.2) is 32.7 Å². The first-order valence-electron chi connectivity index (χ1n) is 6.02. The molecule has 4 nitrogen and oxygen atoms in total. The Morgan fingerprint density at radius 2 is 2.11 bits per heavy atom. The summed E-state index contributed by atoms with van der Waals surface area (Å²) in [5, 5.41) is 5.76. The van der Waals surface area contributed by atoms with Gasteiger partial charge in [-0.3, -0.25) is 4.79 Å². The molecular formula is C13H19FN2O2. The Balaban J connectivity index is 2.14. The molecule has 0 unspecified atom stereocenters. The average molecular weight is 254 g/mol. The predicted octanol–water partition coefficient (Wildman–Crippen LogP) is 1.32. The van der Waals surface area contributed by atoms with Crippen molar-refractivity contribution in [2.45, 2.75) is 12.8 Å². The lowest BCUT2D eigenvalue weighted by Crippen LogP contribution is -2.27. The van der Waals surface area contributed by atoms with E-state index in [4.69, 9.17) is 4.74 Å². The summed E-state index contributed by atoms with van der Waals surface area (Å²) in [4.78, 5) is 11.4. The second-order valence-corrected chi connectivity index (χ2v) is 3.84. The SMILES string of the molecule is CNCCCNC(=O)CCOc1ccccc1F. The van der Waals surface area contributed by atoms with E-state index in [0.717, 1.165) is 13.0 Å². The van der Waals surface area contributed by atoms with Crippen molar-refractivity contribution in [3.8, 4) is 5.75 Å². The van der Waals surface area contributed by atoms with Crippen LogP contribution >= 0.6 is 0 Å². The quantitative estimate of drug-likeness (QED) is 0.688. The topological polar surface area (TPSA) is 50.4 Å². The van der Waals surface area contributed by atoms with Gasteiger partial charge in [-0.05, 0) is 32.1 Å². The summed E-state index contributed by atoms with van der Waals surface area (Å²) in [6.07, 6.45) is 1.12. The van der Waals surface area contributed by atoms with Crippen molar-refractivity contribution in [3.63, 3.8) is 0 Å². The monoisotopic (exact) mass is 254 g/mol. The van der Waals surface area contributed by atoms with E-state index in [1.165, 1.54) is 6.07 Å². The molecule has 0 aliphatic carbocycles. The van der Waals surface area contributed by atoms with Gasteiger partial charge in [-0.2, -0.15) is 0 Å². The van der Waals surface area contributed by atoms with Crippen molar-refractivity contribution in [2.75, 3.05) is 26.7 Å². The van der Waals surface area contributed by atoms with E-state index in [1.807, 2.05) is 7.05 Å². The molecule has 2 N–H and O–H groups in total. The van der Waals surface area contributed by atoms with Crippen molar-refractivity contribution < 1.29 is 13.9 Å². The highest BCUT2D eigenvalue weighted by molar-refractivity contribution is 5.75. The van der Waals surface area contributed by atoms with Gasteiger partial charge < -0.3 is 15.4 Å². The molecule has 0 atom stereocenters. The van der Waals surface area contributed by atoms with Crippen LogP contribution < -0.4 is 15.4 Å². The zero-order valence-corrected chi connectivity index (χ0v) is 10.5. The zero-order valence-electron chi connectivity index (χ0n) is 10.5. The smallest absolute Gasteiger partial charge is 0.223 e. The molecule has 1 rings (SSSR count). The minimum atomic E-state index is -0.410. The Hall–Kier alpha value is -1.62. The fraction of sp³-hybridized carbons (Fsp3) is 0.462. The van der Waals surface area contributed by atoms with Gasteiger partial charge in [0, 0.05) is 6.54 Å². The fourth-order valence-corrected chi connectivity index (χ4v) is 1.40. The van der Waals surface area contributed by atoms with Gasteiger partial charge in [-0.15, -0.1) is 0 Å². The third-order valence-electron chi connectivity index (χ3n) is 2.35.